The van der Waals surface area contributed by atoms with Gasteiger partial charge >= 0.3 is 5.97 Å². The van der Waals surface area contributed by atoms with E-state index in [0.717, 1.165) is 51.4 Å². The van der Waals surface area contributed by atoms with Gasteiger partial charge in [0.15, 0.2) is 0 Å². The Bertz CT molecular complexity index is 894. The van der Waals surface area contributed by atoms with Gasteiger partial charge in [-0.05, 0) is 116 Å². The first-order chi connectivity index (χ1) is 15.7. The lowest BCUT2D eigenvalue weighted by Crippen LogP contribution is -2.68. The third-order valence-electron chi connectivity index (χ3n) is 13.4. The van der Waals surface area contributed by atoms with Gasteiger partial charge < -0.3 is 15.3 Å². The molecule has 11 atom stereocenters. The van der Waals surface area contributed by atoms with Crippen LogP contribution in [0.5, 0.6) is 0 Å². The van der Waals surface area contributed by atoms with Gasteiger partial charge in [-0.3, -0.25) is 4.79 Å². The normalized spacial score (nSPS) is 55.9. The van der Waals surface area contributed by atoms with Crippen LogP contribution in [-0.2, 0) is 4.79 Å². The molecule has 3 N–H and O–H groups in total. The summed E-state index contributed by atoms with van der Waals surface area (Å²) in [5, 5.41) is 32.4. The summed E-state index contributed by atoms with van der Waals surface area (Å²) in [5.74, 6) is 1.24. The van der Waals surface area contributed by atoms with Crippen molar-refractivity contribution in [1.29, 1.82) is 0 Å². The van der Waals surface area contributed by atoms with Crippen LogP contribution < -0.4 is 0 Å². The monoisotopic (exact) mass is 472 g/mol. The topological polar surface area (TPSA) is 77.8 Å². The molecular formula is C30H48O4. The van der Waals surface area contributed by atoms with Gasteiger partial charge in [0.05, 0.1) is 17.6 Å². The van der Waals surface area contributed by atoms with Gasteiger partial charge in [0, 0.05) is 0 Å². The Labute approximate surface area is 206 Å². The van der Waals surface area contributed by atoms with Crippen molar-refractivity contribution in [2.45, 2.75) is 112 Å². The summed E-state index contributed by atoms with van der Waals surface area (Å²) in [6, 6.07) is 0. The van der Waals surface area contributed by atoms with Crippen LogP contribution in [0.4, 0.5) is 0 Å². The van der Waals surface area contributed by atoms with Crippen molar-refractivity contribution >= 4 is 5.97 Å². The molecular weight excluding hydrogens is 424 g/mol. The summed E-state index contributed by atoms with van der Waals surface area (Å²) in [5.41, 5.74) is 0.501. The van der Waals surface area contributed by atoms with Crippen LogP contribution >= 0.6 is 0 Å². The first-order valence-electron chi connectivity index (χ1n) is 13.9. The number of hydrogen-bond acceptors (Lipinski definition) is 3. The fourth-order valence-corrected chi connectivity index (χ4v) is 11.7. The molecule has 5 rings (SSSR count). The highest BCUT2D eigenvalue weighted by Crippen LogP contribution is 2.77. The Kier molecular flexibility index (Phi) is 5.36. The molecule has 0 amide bonds. The maximum atomic E-state index is 12.8. The summed E-state index contributed by atoms with van der Waals surface area (Å²) < 4.78 is 0. The third kappa shape index (κ3) is 2.76. The van der Waals surface area contributed by atoms with Crippen LogP contribution in [0.25, 0.3) is 0 Å². The molecule has 0 aliphatic heterocycles. The van der Waals surface area contributed by atoms with Crippen LogP contribution in [0.2, 0.25) is 0 Å². The summed E-state index contributed by atoms with van der Waals surface area (Å²) in [6.07, 6.45) is 7.32. The average molecular weight is 473 g/mol. The van der Waals surface area contributed by atoms with E-state index in [9.17, 15) is 20.1 Å². The van der Waals surface area contributed by atoms with Crippen molar-refractivity contribution in [3.63, 3.8) is 0 Å². The molecule has 0 heterocycles. The molecule has 0 aromatic heterocycles. The zero-order valence-corrected chi connectivity index (χ0v) is 22.4. The second kappa shape index (κ2) is 7.34. The minimum atomic E-state index is -0.669. The highest BCUT2D eigenvalue weighted by atomic mass is 16.4. The number of carboxylic acid groups (broad SMARTS) is 1. The maximum absolute atomic E-state index is 12.8. The smallest absolute Gasteiger partial charge is 0.309 e. The lowest BCUT2D eigenvalue weighted by molar-refractivity contribution is -0.263. The number of aliphatic hydroxyl groups is 2. The SMILES string of the molecule is C=C(C)[C@@H]1CC[C@]2(C(=O)O)CC[C@]3(C)[C@H](CC[C@@H]4[C@@]5(C)C[C@@H](O)[C@H](O)C(C)(C)[C@@H]5CC[C@]43C)[C@H]12. The van der Waals surface area contributed by atoms with E-state index < -0.39 is 23.6 Å². The van der Waals surface area contributed by atoms with Gasteiger partial charge in [-0.15, -0.1) is 0 Å². The molecule has 192 valence electrons. The van der Waals surface area contributed by atoms with Gasteiger partial charge in [0.25, 0.3) is 0 Å². The van der Waals surface area contributed by atoms with E-state index in [-0.39, 0.29) is 27.6 Å². The fourth-order valence-electron chi connectivity index (χ4n) is 11.7. The summed E-state index contributed by atoms with van der Waals surface area (Å²) in [6.45, 7) is 18.2. The first kappa shape index (κ1) is 24.8. The average Bonchev–Trinajstić information content (AvgIpc) is 3.14. The lowest BCUT2D eigenvalue weighted by Gasteiger charge is -2.73. The molecule has 0 saturated heterocycles. The Morgan fingerprint density at radius 1 is 0.853 bits per heavy atom. The molecule has 5 aliphatic carbocycles. The summed E-state index contributed by atoms with van der Waals surface area (Å²) >= 11 is 0. The zero-order chi connectivity index (χ0) is 25.1. The van der Waals surface area contributed by atoms with Crippen LogP contribution in [0.15, 0.2) is 12.2 Å². The minimum Gasteiger partial charge on any atom is -0.481 e. The van der Waals surface area contributed by atoms with E-state index in [0.29, 0.717) is 30.1 Å². The van der Waals surface area contributed by atoms with Gasteiger partial charge in [-0.2, -0.15) is 0 Å². The molecule has 0 unspecified atom stereocenters. The quantitative estimate of drug-likeness (QED) is 0.427. The minimum absolute atomic E-state index is 0.00606. The molecule has 5 fully saturated rings. The van der Waals surface area contributed by atoms with Gasteiger partial charge in [-0.1, -0.05) is 46.8 Å². The van der Waals surface area contributed by atoms with Crippen LogP contribution in [-0.4, -0.2) is 33.5 Å². The Balaban J connectivity index is 1.57. The molecule has 4 nitrogen and oxygen atoms in total. The van der Waals surface area contributed by atoms with Crippen LogP contribution in [0, 0.1) is 56.7 Å². The lowest BCUT2D eigenvalue weighted by atomic mass is 9.32. The predicted molar refractivity (Wildman–Crippen MR) is 134 cm³/mol. The molecule has 0 bridgehead atoms. The molecule has 4 heteroatoms. The van der Waals surface area contributed by atoms with E-state index in [1.165, 1.54) is 5.57 Å². The van der Waals surface area contributed by atoms with Gasteiger partial charge in [0.1, 0.15) is 0 Å². The number of carboxylic acids is 1. The van der Waals surface area contributed by atoms with Gasteiger partial charge in [0.2, 0.25) is 0 Å². The Morgan fingerprint density at radius 3 is 2.15 bits per heavy atom. The Morgan fingerprint density at radius 2 is 1.53 bits per heavy atom. The van der Waals surface area contributed by atoms with E-state index in [4.69, 9.17) is 0 Å². The van der Waals surface area contributed by atoms with E-state index >= 15 is 0 Å². The number of fused-ring (bicyclic) bond motifs is 7. The zero-order valence-electron chi connectivity index (χ0n) is 22.4. The molecule has 5 saturated carbocycles. The van der Waals surface area contributed by atoms with Crippen molar-refractivity contribution in [2.75, 3.05) is 0 Å². The van der Waals surface area contributed by atoms with Gasteiger partial charge in [-0.25, -0.2) is 0 Å². The molecule has 0 aromatic rings. The molecule has 34 heavy (non-hydrogen) atoms. The number of rotatable bonds is 2. The number of allylic oxidation sites excluding steroid dienone is 1. The van der Waals surface area contributed by atoms with Crippen LogP contribution in [0.3, 0.4) is 0 Å². The maximum Gasteiger partial charge on any atom is 0.309 e. The van der Waals surface area contributed by atoms with E-state index in [1.807, 2.05) is 0 Å². The molecule has 0 radical (unpaired) electrons. The molecule has 5 aliphatic rings. The van der Waals surface area contributed by atoms with Crippen molar-refractivity contribution in [1.82, 2.24) is 0 Å². The van der Waals surface area contributed by atoms with Crippen molar-refractivity contribution < 1.29 is 20.1 Å². The van der Waals surface area contributed by atoms with Crippen molar-refractivity contribution in [3.05, 3.63) is 12.2 Å². The summed E-state index contributed by atoms with van der Waals surface area (Å²) in [7, 11) is 0. The number of hydrogen-bond donors (Lipinski definition) is 3. The highest BCUT2D eigenvalue weighted by molar-refractivity contribution is 5.76. The van der Waals surface area contributed by atoms with E-state index in [1.54, 1.807) is 0 Å². The molecule has 0 aromatic carbocycles. The predicted octanol–water partition coefficient (Wildman–Crippen LogP) is 6.06. The fraction of sp³-hybridized carbons (Fsp3) is 0.900. The number of aliphatic carboxylic acids is 1. The van der Waals surface area contributed by atoms with Crippen molar-refractivity contribution in [3.8, 4) is 0 Å². The second-order valence-corrected chi connectivity index (χ2v) is 14.7. The first-order valence-corrected chi connectivity index (χ1v) is 13.9. The largest absolute Gasteiger partial charge is 0.481 e. The van der Waals surface area contributed by atoms with Crippen LogP contribution in [0.1, 0.15) is 99.3 Å². The second-order valence-electron chi connectivity index (χ2n) is 14.7. The standard InChI is InChI=1S/C30H48O4/c1-17(2)18-10-13-30(25(33)34)15-14-28(6)19(23(18)30)8-9-22-27(5)16-20(31)24(32)26(3,4)21(27)11-12-29(22,28)7/h18-24,31-32H,1,8-16H2,2-7H3,(H,33,34)/t18-,19+,20+,21-,22+,23-,24-,27-,28+,29+,30-/m0/s1. The number of carbonyl (C=O) groups is 1. The van der Waals surface area contributed by atoms with Crippen molar-refractivity contribution in [2.24, 2.45) is 56.7 Å². The molecule has 0 spiro atoms. The summed E-state index contributed by atoms with van der Waals surface area (Å²) in [4.78, 5) is 12.8. The number of aliphatic hydroxyl groups excluding tert-OH is 2. The third-order valence-corrected chi connectivity index (χ3v) is 13.4. The van der Waals surface area contributed by atoms with E-state index in [2.05, 4.69) is 48.1 Å². The Hall–Kier alpha value is -0.870. The highest BCUT2D eigenvalue weighted by Gasteiger charge is 2.72.